The highest BCUT2D eigenvalue weighted by Crippen LogP contribution is 2.30. The zero-order valence-electron chi connectivity index (χ0n) is 24.3. The smallest absolute Gasteiger partial charge is 0.381 e. The lowest BCUT2D eigenvalue weighted by molar-refractivity contribution is -0.137. The van der Waals surface area contributed by atoms with Crippen molar-refractivity contribution >= 4 is 34.5 Å². The van der Waals surface area contributed by atoms with Crippen molar-refractivity contribution in [3.05, 3.63) is 57.8 Å². The number of rotatable bonds is 7. The standard InChI is InChI=1S/C29H34F3N7O4/c1-4-23-25(37-15-13-36(14-16-37)18(2)40)27(42)39-28(34-26(35-39)19-5-11-22(43-3)12-6-19)38(23)17-24(41)33-21-9-7-20(8-10-21)29(30,31)32/h5,7-10,22H,4,6,11-17H2,1-3H3,(H,33,41). The molecule has 43 heavy (non-hydrogen) atoms. The van der Waals surface area contributed by atoms with Gasteiger partial charge in [-0.05, 0) is 55.5 Å². The molecular weight excluding hydrogens is 567 g/mol. The van der Waals surface area contributed by atoms with Crippen molar-refractivity contribution in [3.63, 3.8) is 0 Å². The maximum Gasteiger partial charge on any atom is 0.416 e. The summed E-state index contributed by atoms with van der Waals surface area (Å²) < 4.78 is 47.3. The summed E-state index contributed by atoms with van der Waals surface area (Å²) in [7, 11) is 1.67. The lowest BCUT2D eigenvalue weighted by atomic mass is 9.97. The molecule has 2 amide bonds. The Labute approximate surface area is 245 Å². The molecule has 0 radical (unpaired) electrons. The number of carbonyl (C=O) groups is 2. The quantitative estimate of drug-likeness (QED) is 0.442. The number of nitrogens with zero attached hydrogens (tertiary/aromatic N) is 6. The van der Waals surface area contributed by atoms with Crippen LogP contribution in [0.1, 0.15) is 50.2 Å². The minimum absolute atomic E-state index is 0.0412. The number of hydrogen-bond donors (Lipinski definition) is 1. The van der Waals surface area contributed by atoms with Crippen LogP contribution in [-0.4, -0.2) is 75.3 Å². The molecule has 0 bridgehead atoms. The highest BCUT2D eigenvalue weighted by molar-refractivity contribution is 5.91. The van der Waals surface area contributed by atoms with Crippen molar-refractivity contribution in [2.75, 3.05) is 43.5 Å². The third-order valence-corrected chi connectivity index (χ3v) is 7.98. The van der Waals surface area contributed by atoms with Crippen LogP contribution in [-0.2, 0) is 33.5 Å². The Morgan fingerprint density at radius 3 is 2.37 bits per heavy atom. The van der Waals surface area contributed by atoms with Crippen LogP contribution >= 0.6 is 0 Å². The molecule has 0 saturated carbocycles. The molecule has 3 aromatic rings. The summed E-state index contributed by atoms with van der Waals surface area (Å²) in [5.74, 6) is 0.0433. The number of hydrogen-bond acceptors (Lipinski definition) is 7. The summed E-state index contributed by atoms with van der Waals surface area (Å²) in [5, 5.41) is 7.23. The van der Waals surface area contributed by atoms with Gasteiger partial charge in [-0.2, -0.15) is 22.7 Å². The largest absolute Gasteiger partial charge is 0.416 e. The lowest BCUT2D eigenvalue weighted by Crippen LogP contribution is -2.50. The van der Waals surface area contributed by atoms with E-state index in [0.29, 0.717) is 62.6 Å². The summed E-state index contributed by atoms with van der Waals surface area (Å²) in [5.41, 5.74) is 0.858. The lowest BCUT2D eigenvalue weighted by Gasteiger charge is -2.36. The number of carbonyl (C=O) groups excluding carboxylic acids is 2. The molecule has 1 N–H and O–H groups in total. The minimum Gasteiger partial charge on any atom is -0.381 e. The van der Waals surface area contributed by atoms with Crippen molar-refractivity contribution in [2.45, 2.75) is 58.4 Å². The molecular formula is C29H34F3N7O4. The molecule has 1 saturated heterocycles. The van der Waals surface area contributed by atoms with Crippen LogP contribution in [0.4, 0.5) is 24.5 Å². The van der Waals surface area contributed by atoms with Gasteiger partial charge in [0, 0.05) is 45.9 Å². The van der Waals surface area contributed by atoms with Gasteiger partial charge in [0.05, 0.1) is 17.4 Å². The van der Waals surface area contributed by atoms with Gasteiger partial charge in [0.2, 0.25) is 17.6 Å². The molecule has 230 valence electrons. The molecule has 0 spiro atoms. The van der Waals surface area contributed by atoms with Gasteiger partial charge in [0.15, 0.2) is 5.82 Å². The molecule has 2 aliphatic rings. The third-order valence-electron chi connectivity index (χ3n) is 7.98. The Kier molecular flexibility index (Phi) is 8.58. The van der Waals surface area contributed by atoms with Crippen LogP contribution in [0.25, 0.3) is 11.4 Å². The predicted molar refractivity (Wildman–Crippen MR) is 154 cm³/mol. The molecule has 14 heteroatoms. The number of allylic oxidation sites excluding steroid dienone is 1. The monoisotopic (exact) mass is 601 g/mol. The van der Waals surface area contributed by atoms with Crippen molar-refractivity contribution in [2.24, 2.45) is 0 Å². The van der Waals surface area contributed by atoms with E-state index in [-0.39, 0.29) is 35.6 Å². The van der Waals surface area contributed by atoms with E-state index in [1.54, 1.807) is 16.6 Å². The number of nitrogens with one attached hydrogen (secondary N) is 1. The van der Waals surface area contributed by atoms with Gasteiger partial charge in [0.1, 0.15) is 12.2 Å². The fourth-order valence-corrected chi connectivity index (χ4v) is 5.62. The summed E-state index contributed by atoms with van der Waals surface area (Å²) >= 11 is 0. The number of aromatic nitrogens is 4. The average molecular weight is 602 g/mol. The number of ether oxygens (including phenoxy) is 1. The topological polar surface area (TPSA) is 114 Å². The molecule has 1 unspecified atom stereocenters. The molecule has 5 rings (SSSR count). The summed E-state index contributed by atoms with van der Waals surface area (Å²) in [6.07, 6.45) is 0.135. The van der Waals surface area contributed by atoms with E-state index in [9.17, 15) is 27.6 Å². The molecule has 1 aliphatic heterocycles. The predicted octanol–water partition coefficient (Wildman–Crippen LogP) is 3.36. The van der Waals surface area contributed by atoms with Gasteiger partial charge in [-0.25, -0.2) is 0 Å². The molecule has 1 fully saturated rings. The van der Waals surface area contributed by atoms with E-state index >= 15 is 0 Å². The summed E-state index contributed by atoms with van der Waals surface area (Å²) in [6, 6.07) is 4.20. The van der Waals surface area contributed by atoms with Gasteiger partial charge in [0.25, 0.3) is 5.56 Å². The third kappa shape index (κ3) is 6.28. The van der Waals surface area contributed by atoms with Gasteiger partial charge < -0.3 is 24.4 Å². The first-order valence-electron chi connectivity index (χ1n) is 14.2. The van der Waals surface area contributed by atoms with Gasteiger partial charge in [-0.15, -0.1) is 5.10 Å². The van der Waals surface area contributed by atoms with Crippen molar-refractivity contribution in [1.29, 1.82) is 0 Å². The van der Waals surface area contributed by atoms with Crippen LogP contribution in [0.2, 0.25) is 0 Å². The van der Waals surface area contributed by atoms with E-state index in [4.69, 9.17) is 9.72 Å². The first-order chi connectivity index (χ1) is 20.5. The Bertz CT molecular complexity index is 1600. The van der Waals surface area contributed by atoms with E-state index in [2.05, 4.69) is 10.4 Å². The second kappa shape index (κ2) is 12.2. The molecule has 1 atom stereocenters. The minimum atomic E-state index is -4.49. The van der Waals surface area contributed by atoms with Gasteiger partial charge >= 0.3 is 6.18 Å². The molecule has 1 aromatic carbocycles. The highest BCUT2D eigenvalue weighted by atomic mass is 19.4. The molecule has 11 nitrogen and oxygen atoms in total. The molecule has 3 heterocycles. The number of methoxy groups -OCH3 is 1. The van der Waals surface area contributed by atoms with Crippen LogP contribution in [0, 0.1) is 0 Å². The SMILES string of the molecule is CCc1c(N2CCN(C(C)=O)CC2)c(=O)n2nc(C3=CCC(OC)CC3)nc2n1CC(=O)Nc1ccc(C(F)(F)F)cc1. The first-order valence-corrected chi connectivity index (χ1v) is 14.2. The van der Waals surface area contributed by atoms with Crippen molar-refractivity contribution in [1.82, 2.24) is 24.1 Å². The van der Waals surface area contributed by atoms with E-state index in [1.807, 2.05) is 17.9 Å². The number of fused-ring (bicyclic) bond motifs is 1. The Morgan fingerprint density at radius 1 is 1.12 bits per heavy atom. The average Bonchev–Trinajstić information content (AvgIpc) is 3.44. The van der Waals surface area contributed by atoms with Crippen LogP contribution in [0.15, 0.2) is 35.1 Å². The second-order valence-corrected chi connectivity index (χ2v) is 10.7. The zero-order chi connectivity index (χ0) is 30.9. The fraction of sp³-hybridized carbons (Fsp3) is 0.483. The van der Waals surface area contributed by atoms with Crippen molar-refractivity contribution < 1.29 is 27.5 Å². The van der Waals surface area contributed by atoms with E-state index in [1.165, 1.54) is 23.6 Å². The summed E-state index contributed by atoms with van der Waals surface area (Å²) in [4.78, 5) is 47.5. The molecule has 1 aliphatic carbocycles. The maximum absolute atomic E-state index is 14.0. The van der Waals surface area contributed by atoms with E-state index < -0.39 is 17.6 Å². The van der Waals surface area contributed by atoms with Crippen LogP contribution in [0.3, 0.4) is 0 Å². The Hall–Kier alpha value is -4.20. The van der Waals surface area contributed by atoms with Gasteiger partial charge in [-0.3, -0.25) is 14.4 Å². The summed E-state index contributed by atoms with van der Waals surface area (Å²) in [6.45, 7) is 4.87. The Morgan fingerprint density at radius 2 is 1.81 bits per heavy atom. The van der Waals surface area contributed by atoms with Crippen LogP contribution < -0.4 is 15.8 Å². The first kappa shape index (κ1) is 30.3. The number of amides is 2. The van der Waals surface area contributed by atoms with Gasteiger partial charge in [-0.1, -0.05) is 13.0 Å². The maximum atomic E-state index is 14.0. The number of halogens is 3. The second-order valence-electron chi connectivity index (χ2n) is 10.7. The number of piperazine rings is 1. The number of anilines is 2. The van der Waals surface area contributed by atoms with Crippen LogP contribution in [0.5, 0.6) is 0 Å². The fourth-order valence-electron chi connectivity index (χ4n) is 5.62. The molecule has 2 aromatic heterocycles. The Balaban J connectivity index is 1.54. The number of benzene rings is 1. The highest BCUT2D eigenvalue weighted by Gasteiger charge is 2.31. The van der Waals surface area contributed by atoms with Crippen molar-refractivity contribution in [3.8, 4) is 0 Å². The number of alkyl halides is 3. The zero-order valence-corrected chi connectivity index (χ0v) is 24.3. The normalized spacial score (nSPS) is 17.7. The van der Waals surface area contributed by atoms with E-state index in [0.717, 1.165) is 24.1 Å².